The number of hydrogen-bond donors (Lipinski definition) is 1. The Morgan fingerprint density at radius 2 is 2.00 bits per heavy atom. The van der Waals surface area contributed by atoms with Gasteiger partial charge in [0.25, 0.3) is 5.91 Å². The lowest BCUT2D eigenvalue weighted by Crippen LogP contribution is -2.46. The second kappa shape index (κ2) is 6.25. The van der Waals surface area contributed by atoms with Gasteiger partial charge < -0.3 is 10.5 Å². The number of rotatable bonds is 5. The first kappa shape index (κ1) is 17.0. The zero-order valence-electron chi connectivity index (χ0n) is 14.0. The summed E-state index contributed by atoms with van der Waals surface area (Å²) in [4.78, 5) is 30.3. The highest BCUT2D eigenvalue weighted by atomic mass is 19.1. The van der Waals surface area contributed by atoms with E-state index >= 15 is 0 Å². The molecule has 1 aliphatic rings. The molecule has 0 unspecified atom stereocenters. The van der Waals surface area contributed by atoms with Crippen molar-refractivity contribution in [3.05, 3.63) is 59.0 Å². The molecule has 0 fully saturated rings. The number of anilines is 1. The summed E-state index contributed by atoms with van der Waals surface area (Å²) < 4.78 is 19.3. The van der Waals surface area contributed by atoms with Gasteiger partial charge in [0.15, 0.2) is 0 Å². The van der Waals surface area contributed by atoms with Gasteiger partial charge in [-0.05, 0) is 43.2 Å². The molecule has 130 valence electrons. The molecule has 2 N–H and O–H groups in total. The average Bonchev–Trinajstić information content (AvgIpc) is 2.80. The molecular weight excluding hydrogens is 325 g/mol. The lowest BCUT2D eigenvalue weighted by atomic mass is 9.85. The Kier molecular flexibility index (Phi) is 4.26. The fraction of sp³-hybridized carbons (Fsp3) is 0.278. The van der Waals surface area contributed by atoms with Gasteiger partial charge in [-0.25, -0.2) is 9.37 Å². The van der Waals surface area contributed by atoms with Crippen molar-refractivity contribution in [1.29, 1.82) is 0 Å². The first-order chi connectivity index (χ1) is 11.9. The number of halogens is 1. The maximum atomic E-state index is 13.4. The number of aromatic nitrogens is 1. The molecule has 2 heterocycles. The highest BCUT2D eigenvalue weighted by Crippen LogP contribution is 2.47. The molecule has 1 aliphatic heterocycles. The number of fused-ring (bicyclic) bond motifs is 1. The number of pyridine rings is 1. The highest BCUT2D eigenvalue weighted by molar-refractivity contribution is 6.11. The summed E-state index contributed by atoms with van der Waals surface area (Å²) in [5.74, 6) is -1.20. The van der Waals surface area contributed by atoms with Gasteiger partial charge in [0.05, 0.1) is 0 Å². The van der Waals surface area contributed by atoms with Crippen LogP contribution in [0.1, 0.15) is 23.6 Å². The van der Waals surface area contributed by atoms with Gasteiger partial charge in [-0.1, -0.05) is 12.1 Å². The molecule has 1 aromatic heterocycles. The molecule has 3 rings (SSSR count). The van der Waals surface area contributed by atoms with E-state index in [1.54, 1.807) is 19.2 Å². The SMILES string of the molecule is CCO[C@]1(c2ccc(F)cc2)C(=O)N(CC(N)=O)c2nccc(C)c21. The summed E-state index contributed by atoms with van der Waals surface area (Å²) in [7, 11) is 0. The molecule has 0 radical (unpaired) electrons. The molecule has 1 atom stereocenters. The molecule has 0 aliphatic carbocycles. The van der Waals surface area contributed by atoms with E-state index in [4.69, 9.17) is 10.5 Å². The Morgan fingerprint density at radius 3 is 2.60 bits per heavy atom. The summed E-state index contributed by atoms with van der Waals surface area (Å²) in [6, 6.07) is 7.31. The molecule has 0 bridgehead atoms. The minimum atomic E-state index is -1.48. The van der Waals surface area contributed by atoms with Gasteiger partial charge in [-0.3, -0.25) is 14.5 Å². The zero-order valence-corrected chi connectivity index (χ0v) is 14.0. The number of ether oxygens (including phenoxy) is 1. The third kappa shape index (κ3) is 2.56. The van der Waals surface area contributed by atoms with Crippen LogP contribution >= 0.6 is 0 Å². The van der Waals surface area contributed by atoms with Gasteiger partial charge in [0, 0.05) is 18.4 Å². The molecule has 0 saturated heterocycles. The number of aryl methyl sites for hydroxylation is 1. The standard InChI is InChI=1S/C18H18FN3O3/c1-3-25-18(12-4-6-13(19)7-5-12)15-11(2)8-9-21-16(15)22(17(18)24)10-14(20)23/h4-9H,3,10H2,1-2H3,(H2,20,23)/t18-/m0/s1. The van der Waals surface area contributed by atoms with Crippen LogP contribution in [-0.2, 0) is 19.9 Å². The Labute approximate surface area is 144 Å². The van der Waals surface area contributed by atoms with Crippen molar-refractivity contribution in [2.75, 3.05) is 18.1 Å². The summed E-state index contributed by atoms with van der Waals surface area (Å²) in [6.07, 6.45) is 1.56. The van der Waals surface area contributed by atoms with E-state index in [9.17, 15) is 14.0 Å². The Morgan fingerprint density at radius 1 is 1.32 bits per heavy atom. The van der Waals surface area contributed by atoms with E-state index in [1.165, 1.54) is 29.2 Å². The Hall–Kier alpha value is -2.80. The van der Waals surface area contributed by atoms with Crippen LogP contribution < -0.4 is 10.6 Å². The van der Waals surface area contributed by atoms with Crippen molar-refractivity contribution in [2.45, 2.75) is 19.4 Å². The second-order valence-corrected chi connectivity index (χ2v) is 5.81. The predicted molar refractivity (Wildman–Crippen MR) is 89.3 cm³/mol. The minimum absolute atomic E-state index is 0.237. The summed E-state index contributed by atoms with van der Waals surface area (Å²) in [5.41, 5.74) is 5.63. The third-order valence-corrected chi connectivity index (χ3v) is 4.22. The van der Waals surface area contributed by atoms with Crippen LogP contribution in [0.25, 0.3) is 0 Å². The number of nitrogens with two attached hydrogens (primary N) is 1. The summed E-state index contributed by atoms with van der Waals surface area (Å²) >= 11 is 0. The van der Waals surface area contributed by atoms with E-state index in [0.29, 0.717) is 16.9 Å². The second-order valence-electron chi connectivity index (χ2n) is 5.81. The van der Waals surface area contributed by atoms with Crippen LogP contribution in [-0.4, -0.2) is 29.9 Å². The van der Waals surface area contributed by atoms with Crippen molar-refractivity contribution >= 4 is 17.6 Å². The fourth-order valence-corrected chi connectivity index (χ4v) is 3.27. The number of carbonyl (C=O) groups excluding carboxylic acids is 2. The normalized spacial score (nSPS) is 19.2. The highest BCUT2D eigenvalue weighted by Gasteiger charge is 2.55. The van der Waals surface area contributed by atoms with Crippen molar-refractivity contribution < 1.29 is 18.7 Å². The summed E-state index contributed by atoms with van der Waals surface area (Å²) in [5, 5.41) is 0. The summed E-state index contributed by atoms with van der Waals surface area (Å²) in [6.45, 7) is 3.53. The molecule has 6 nitrogen and oxygen atoms in total. The van der Waals surface area contributed by atoms with E-state index in [0.717, 1.165) is 5.56 Å². The zero-order chi connectivity index (χ0) is 18.2. The van der Waals surface area contributed by atoms with E-state index in [2.05, 4.69) is 4.98 Å². The van der Waals surface area contributed by atoms with Crippen molar-refractivity contribution in [3.63, 3.8) is 0 Å². The topological polar surface area (TPSA) is 85.5 Å². The van der Waals surface area contributed by atoms with Gasteiger partial charge in [-0.15, -0.1) is 0 Å². The molecule has 25 heavy (non-hydrogen) atoms. The monoisotopic (exact) mass is 343 g/mol. The molecular formula is C18H18FN3O3. The molecule has 1 aromatic carbocycles. The maximum absolute atomic E-state index is 13.4. The van der Waals surface area contributed by atoms with Gasteiger partial charge >= 0.3 is 0 Å². The van der Waals surface area contributed by atoms with Crippen molar-refractivity contribution in [1.82, 2.24) is 4.98 Å². The van der Waals surface area contributed by atoms with Gasteiger partial charge in [0.1, 0.15) is 18.2 Å². The van der Waals surface area contributed by atoms with Crippen LogP contribution in [0, 0.1) is 12.7 Å². The van der Waals surface area contributed by atoms with E-state index in [1.807, 2.05) is 6.92 Å². The van der Waals surface area contributed by atoms with Crippen LogP contribution in [0.3, 0.4) is 0 Å². The van der Waals surface area contributed by atoms with Crippen LogP contribution in [0.15, 0.2) is 36.5 Å². The number of hydrogen-bond acceptors (Lipinski definition) is 4. The predicted octanol–water partition coefficient (Wildman–Crippen LogP) is 1.64. The molecule has 7 heteroatoms. The van der Waals surface area contributed by atoms with Gasteiger partial charge in [0.2, 0.25) is 11.5 Å². The average molecular weight is 343 g/mol. The molecule has 0 spiro atoms. The maximum Gasteiger partial charge on any atom is 0.270 e. The first-order valence-electron chi connectivity index (χ1n) is 7.88. The number of amides is 2. The Bertz CT molecular complexity index is 838. The van der Waals surface area contributed by atoms with Crippen molar-refractivity contribution in [2.24, 2.45) is 5.73 Å². The quantitative estimate of drug-likeness (QED) is 0.894. The number of nitrogens with zero attached hydrogens (tertiary/aromatic N) is 2. The first-order valence-corrected chi connectivity index (χ1v) is 7.88. The molecule has 2 aromatic rings. The smallest absolute Gasteiger partial charge is 0.270 e. The van der Waals surface area contributed by atoms with Crippen LogP contribution in [0.4, 0.5) is 10.2 Å². The van der Waals surface area contributed by atoms with Crippen LogP contribution in [0.2, 0.25) is 0 Å². The molecule has 0 saturated carbocycles. The fourth-order valence-electron chi connectivity index (χ4n) is 3.27. The number of benzene rings is 1. The van der Waals surface area contributed by atoms with E-state index < -0.39 is 23.2 Å². The van der Waals surface area contributed by atoms with Gasteiger partial charge in [-0.2, -0.15) is 0 Å². The Balaban J connectivity index is 2.29. The lowest BCUT2D eigenvalue weighted by Gasteiger charge is -2.29. The van der Waals surface area contributed by atoms with Crippen molar-refractivity contribution in [3.8, 4) is 0 Å². The van der Waals surface area contributed by atoms with E-state index in [-0.39, 0.29) is 13.2 Å². The number of carbonyl (C=O) groups is 2. The van der Waals surface area contributed by atoms with Crippen LogP contribution in [0.5, 0.6) is 0 Å². The third-order valence-electron chi connectivity index (χ3n) is 4.22. The lowest BCUT2D eigenvalue weighted by molar-refractivity contribution is -0.138. The minimum Gasteiger partial charge on any atom is -0.368 e. The number of primary amides is 1. The largest absolute Gasteiger partial charge is 0.368 e. The molecule has 2 amide bonds.